The molecule has 0 saturated carbocycles. The van der Waals surface area contributed by atoms with Crippen molar-refractivity contribution in [2.45, 2.75) is 13.8 Å². The Labute approximate surface area is 200 Å². The van der Waals surface area contributed by atoms with Crippen molar-refractivity contribution in [3.8, 4) is 5.75 Å². The molecule has 5 nitrogen and oxygen atoms in total. The minimum atomic E-state index is -0.507. The van der Waals surface area contributed by atoms with E-state index < -0.39 is 11.8 Å². The number of thiocarbonyl (C=S) groups is 1. The molecule has 1 N–H and O–H groups in total. The molecular weight excluding hydrogens is 464 g/mol. The number of thioether (sulfide) groups is 1. The van der Waals surface area contributed by atoms with Gasteiger partial charge in [-0.3, -0.25) is 15.0 Å². The molecule has 0 atom stereocenters. The summed E-state index contributed by atoms with van der Waals surface area (Å²) in [6.07, 6.45) is 1.76. The molecule has 2 amide bonds. The Kier molecular flexibility index (Phi) is 6.50. The molecule has 0 unspecified atom stereocenters. The number of hydrogen-bond acceptors (Lipinski definition) is 5. The Hall–Kier alpha value is -2.87. The topological polar surface area (TPSA) is 58.6 Å². The minimum absolute atomic E-state index is 0.232. The van der Waals surface area contributed by atoms with Crippen LogP contribution in [0, 0.1) is 6.92 Å². The predicted octanol–water partition coefficient (Wildman–Crippen LogP) is 5.75. The average molecular weight is 483 g/mol. The standard InChI is InChI=1S/C24H19ClN2O3S2/c1-3-30-20-11-9-15-6-4-5-7-16(15)18(20)13-21-23(29)27(24(31)32-21)26-22(28)17-10-8-14(2)12-19(17)25/h4-13H,3H2,1-2H3,(H,26,28)/b21-13+. The molecule has 32 heavy (non-hydrogen) atoms. The summed E-state index contributed by atoms with van der Waals surface area (Å²) >= 11 is 12.7. The van der Waals surface area contributed by atoms with Gasteiger partial charge in [-0.05, 0) is 66.7 Å². The van der Waals surface area contributed by atoms with Gasteiger partial charge in [0.2, 0.25) is 0 Å². The van der Waals surface area contributed by atoms with Gasteiger partial charge in [0.25, 0.3) is 11.8 Å². The molecule has 3 aromatic rings. The molecule has 8 heteroatoms. The van der Waals surface area contributed by atoms with Gasteiger partial charge in [0, 0.05) is 5.56 Å². The maximum Gasteiger partial charge on any atom is 0.285 e. The van der Waals surface area contributed by atoms with Gasteiger partial charge in [0.1, 0.15) is 5.75 Å². The summed E-state index contributed by atoms with van der Waals surface area (Å²) in [4.78, 5) is 26.2. The van der Waals surface area contributed by atoms with E-state index in [0.29, 0.717) is 22.3 Å². The van der Waals surface area contributed by atoms with E-state index in [4.69, 9.17) is 28.6 Å². The Bertz CT molecular complexity index is 1290. The summed E-state index contributed by atoms with van der Waals surface area (Å²) in [5.41, 5.74) is 4.56. The lowest BCUT2D eigenvalue weighted by Crippen LogP contribution is -2.44. The van der Waals surface area contributed by atoms with Crippen LogP contribution in [-0.4, -0.2) is 27.8 Å². The zero-order valence-corrected chi connectivity index (χ0v) is 19.7. The van der Waals surface area contributed by atoms with Gasteiger partial charge in [0.05, 0.1) is 22.1 Å². The van der Waals surface area contributed by atoms with E-state index in [9.17, 15) is 9.59 Å². The highest BCUT2D eigenvalue weighted by Gasteiger charge is 2.34. The Morgan fingerprint density at radius 3 is 2.75 bits per heavy atom. The van der Waals surface area contributed by atoms with Crippen molar-refractivity contribution in [1.82, 2.24) is 10.4 Å². The van der Waals surface area contributed by atoms with Crippen LogP contribution in [0.25, 0.3) is 16.8 Å². The number of benzene rings is 3. The van der Waals surface area contributed by atoms with Crippen LogP contribution in [-0.2, 0) is 4.79 Å². The van der Waals surface area contributed by atoms with E-state index in [2.05, 4.69) is 5.43 Å². The number of rotatable bonds is 5. The summed E-state index contributed by atoms with van der Waals surface area (Å²) in [6.45, 7) is 4.28. The second kappa shape index (κ2) is 9.32. The zero-order chi connectivity index (χ0) is 22.8. The Morgan fingerprint density at radius 1 is 1.22 bits per heavy atom. The molecule has 1 aliphatic rings. The fourth-order valence-corrected chi connectivity index (χ4v) is 4.85. The first kappa shape index (κ1) is 22.3. The van der Waals surface area contributed by atoms with Gasteiger partial charge in [-0.2, -0.15) is 5.01 Å². The van der Waals surface area contributed by atoms with E-state index >= 15 is 0 Å². The Balaban J connectivity index is 1.66. The molecule has 1 aliphatic heterocycles. The summed E-state index contributed by atoms with van der Waals surface area (Å²) in [5.74, 6) is -0.244. The van der Waals surface area contributed by atoms with Crippen molar-refractivity contribution in [3.05, 3.63) is 81.2 Å². The number of amides is 2. The molecule has 1 fully saturated rings. The summed E-state index contributed by atoms with van der Waals surface area (Å²) in [6, 6.07) is 16.8. The van der Waals surface area contributed by atoms with Crippen molar-refractivity contribution < 1.29 is 14.3 Å². The number of carbonyl (C=O) groups is 2. The highest BCUT2D eigenvalue weighted by atomic mass is 35.5. The first-order valence-corrected chi connectivity index (χ1v) is 11.5. The van der Waals surface area contributed by atoms with Crippen molar-refractivity contribution in [2.24, 2.45) is 0 Å². The SMILES string of the molecule is CCOc1ccc2ccccc2c1/C=C1/SC(=S)N(NC(=O)c2ccc(C)cc2Cl)C1=O. The van der Waals surface area contributed by atoms with Gasteiger partial charge < -0.3 is 4.74 Å². The number of halogens is 1. The molecular formula is C24H19ClN2O3S2. The van der Waals surface area contributed by atoms with Gasteiger partial charge in [0.15, 0.2) is 4.32 Å². The lowest BCUT2D eigenvalue weighted by molar-refractivity contribution is -0.123. The molecule has 1 saturated heterocycles. The number of hydrazine groups is 1. The third-order valence-corrected chi connectivity index (χ3v) is 6.50. The van der Waals surface area contributed by atoms with E-state index in [1.807, 2.05) is 50.2 Å². The van der Waals surface area contributed by atoms with Crippen LogP contribution in [0.3, 0.4) is 0 Å². The van der Waals surface area contributed by atoms with Crippen LogP contribution in [0.15, 0.2) is 59.5 Å². The van der Waals surface area contributed by atoms with Crippen LogP contribution in [0.5, 0.6) is 5.75 Å². The fourth-order valence-electron chi connectivity index (χ4n) is 3.37. The van der Waals surface area contributed by atoms with Crippen molar-refractivity contribution in [3.63, 3.8) is 0 Å². The van der Waals surface area contributed by atoms with E-state index in [-0.39, 0.29) is 9.88 Å². The monoisotopic (exact) mass is 482 g/mol. The molecule has 0 aliphatic carbocycles. The van der Waals surface area contributed by atoms with Gasteiger partial charge in [-0.15, -0.1) is 0 Å². The molecule has 0 spiro atoms. The molecule has 0 radical (unpaired) electrons. The molecule has 0 bridgehead atoms. The maximum absolute atomic E-state index is 13.1. The Morgan fingerprint density at radius 2 is 2.00 bits per heavy atom. The number of fused-ring (bicyclic) bond motifs is 1. The first-order valence-electron chi connectivity index (χ1n) is 9.88. The highest BCUT2D eigenvalue weighted by Crippen LogP contribution is 2.36. The summed E-state index contributed by atoms with van der Waals surface area (Å²) in [7, 11) is 0. The molecule has 3 aromatic carbocycles. The predicted molar refractivity (Wildman–Crippen MR) is 134 cm³/mol. The van der Waals surface area contributed by atoms with Crippen LogP contribution in [0.1, 0.15) is 28.4 Å². The largest absolute Gasteiger partial charge is 0.493 e. The first-order chi connectivity index (χ1) is 15.4. The minimum Gasteiger partial charge on any atom is -0.493 e. The lowest BCUT2D eigenvalue weighted by Gasteiger charge is -2.16. The van der Waals surface area contributed by atoms with E-state index in [1.54, 1.807) is 24.3 Å². The third-order valence-electron chi connectivity index (χ3n) is 4.88. The van der Waals surface area contributed by atoms with E-state index in [0.717, 1.165) is 38.7 Å². The number of nitrogens with one attached hydrogen (secondary N) is 1. The number of nitrogens with zero attached hydrogens (tertiary/aromatic N) is 1. The second-order valence-electron chi connectivity index (χ2n) is 7.07. The molecule has 4 rings (SSSR count). The van der Waals surface area contributed by atoms with Crippen molar-refractivity contribution >= 4 is 68.6 Å². The molecule has 1 heterocycles. The smallest absolute Gasteiger partial charge is 0.285 e. The summed E-state index contributed by atoms with van der Waals surface area (Å²) < 4.78 is 6.03. The lowest BCUT2D eigenvalue weighted by atomic mass is 10.0. The molecule has 162 valence electrons. The number of ether oxygens (including phenoxy) is 1. The van der Waals surface area contributed by atoms with Crippen LogP contribution in [0.2, 0.25) is 5.02 Å². The second-order valence-corrected chi connectivity index (χ2v) is 9.16. The number of hydrogen-bond donors (Lipinski definition) is 1. The highest BCUT2D eigenvalue weighted by molar-refractivity contribution is 8.26. The van der Waals surface area contributed by atoms with Crippen LogP contribution in [0.4, 0.5) is 0 Å². The van der Waals surface area contributed by atoms with E-state index in [1.165, 1.54) is 0 Å². The van der Waals surface area contributed by atoms with Crippen molar-refractivity contribution in [2.75, 3.05) is 6.61 Å². The average Bonchev–Trinajstić information content (AvgIpc) is 3.02. The number of carbonyl (C=O) groups excluding carboxylic acids is 2. The van der Waals surface area contributed by atoms with Gasteiger partial charge in [-0.1, -0.05) is 59.8 Å². The van der Waals surface area contributed by atoms with Gasteiger partial charge in [-0.25, -0.2) is 0 Å². The van der Waals surface area contributed by atoms with Gasteiger partial charge >= 0.3 is 0 Å². The van der Waals surface area contributed by atoms with Crippen LogP contribution < -0.4 is 10.2 Å². The van der Waals surface area contributed by atoms with Crippen molar-refractivity contribution in [1.29, 1.82) is 0 Å². The maximum atomic E-state index is 13.1. The van der Waals surface area contributed by atoms with Crippen LogP contribution >= 0.6 is 35.6 Å². The number of aryl methyl sites for hydroxylation is 1. The quantitative estimate of drug-likeness (QED) is 0.371. The normalized spacial score (nSPS) is 15.0. The summed E-state index contributed by atoms with van der Waals surface area (Å²) in [5, 5.41) is 3.37. The molecule has 0 aromatic heterocycles. The fraction of sp³-hybridized carbons (Fsp3) is 0.125. The third kappa shape index (κ3) is 4.37. The zero-order valence-electron chi connectivity index (χ0n) is 17.3.